The molecule has 1 aliphatic rings. The Balaban J connectivity index is 1.97. The summed E-state index contributed by atoms with van der Waals surface area (Å²) >= 11 is 1.75. The first-order valence-electron chi connectivity index (χ1n) is 6.99. The second-order valence-corrected chi connectivity index (χ2v) is 6.09. The van der Waals surface area contributed by atoms with E-state index in [1.54, 1.807) is 11.3 Å². The number of hydrogen-bond donors (Lipinski definition) is 1. The highest BCUT2D eigenvalue weighted by molar-refractivity contribution is 7.07. The van der Waals surface area contributed by atoms with Crippen molar-refractivity contribution in [3.8, 4) is 0 Å². The topological polar surface area (TPSA) is 41.1 Å². The Morgan fingerprint density at radius 3 is 2.75 bits per heavy atom. The number of aryl methyl sites for hydroxylation is 1. The minimum atomic E-state index is 0.632. The zero-order valence-electron chi connectivity index (χ0n) is 12.2. The van der Waals surface area contributed by atoms with Gasteiger partial charge in [-0.05, 0) is 49.1 Å². The molecule has 20 heavy (non-hydrogen) atoms. The van der Waals surface area contributed by atoms with E-state index in [-0.39, 0.29) is 0 Å². The van der Waals surface area contributed by atoms with Crippen LogP contribution in [0.15, 0.2) is 16.8 Å². The maximum atomic E-state index is 4.70. The molecule has 2 aromatic rings. The second-order valence-electron chi connectivity index (χ2n) is 5.31. The molecule has 1 saturated carbocycles. The smallest absolute Gasteiger partial charge is 0.137 e. The van der Waals surface area contributed by atoms with E-state index in [9.17, 15) is 0 Å². The lowest BCUT2D eigenvalue weighted by atomic mass is 10.2. The number of nitrogens with zero attached hydrogens (tertiary/aromatic N) is 3. The van der Waals surface area contributed by atoms with Crippen molar-refractivity contribution in [1.29, 1.82) is 0 Å². The molecule has 1 aliphatic carbocycles. The summed E-state index contributed by atoms with van der Waals surface area (Å²) in [7, 11) is 1.92. The monoisotopic (exact) mass is 288 g/mol. The molecule has 3 rings (SSSR count). The third-order valence-electron chi connectivity index (χ3n) is 3.66. The van der Waals surface area contributed by atoms with Gasteiger partial charge in [0.1, 0.15) is 17.5 Å². The van der Waals surface area contributed by atoms with Crippen LogP contribution in [-0.2, 0) is 6.54 Å². The molecule has 0 aliphatic heterocycles. The fourth-order valence-electron chi connectivity index (χ4n) is 2.48. The average molecular weight is 288 g/mol. The van der Waals surface area contributed by atoms with Crippen molar-refractivity contribution in [3.05, 3.63) is 33.8 Å². The Labute approximate surface area is 123 Å². The molecule has 2 aromatic heterocycles. The van der Waals surface area contributed by atoms with Gasteiger partial charge in [0.25, 0.3) is 0 Å². The predicted molar refractivity (Wildman–Crippen MR) is 84.6 cm³/mol. The van der Waals surface area contributed by atoms with Crippen LogP contribution in [0.25, 0.3) is 0 Å². The highest BCUT2D eigenvalue weighted by atomic mass is 32.1. The van der Waals surface area contributed by atoms with E-state index in [1.165, 1.54) is 18.4 Å². The Morgan fingerprint density at radius 1 is 1.35 bits per heavy atom. The molecule has 0 atom stereocenters. The van der Waals surface area contributed by atoms with Gasteiger partial charge in [0.15, 0.2) is 0 Å². The third kappa shape index (κ3) is 2.63. The molecule has 0 radical (unpaired) electrons. The van der Waals surface area contributed by atoms with Crippen molar-refractivity contribution in [1.82, 2.24) is 9.97 Å². The molecule has 5 heteroatoms. The standard InChI is InChI=1S/C15H20N4S/c1-10-14(16-3)17-11(2)18-15(10)19(13-4-5-13)8-12-6-7-20-9-12/h6-7,9,13H,4-5,8H2,1-3H3,(H,16,17,18). The van der Waals surface area contributed by atoms with E-state index >= 15 is 0 Å². The van der Waals surface area contributed by atoms with Crippen LogP contribution in [0.3, 0.4) is 0 Å². The third-order valence-corrected chi connectivity index (χ3v) is 4.39. The van der Waals surface area contributed by atoms with E-state index in [1.807, 2.05) is 14.0 Å². The van der Waals surface area contributed by atoms with Gasteiger partial charge in [-0.25, -0.2) is 9.97 Å². The molecule has 0 unspecified atom stereocenters. The fourth-order valence-corrected chi connectivity index (χ4v) is 3.14. The van der Waals surface area contributed by atoms with Gasteiger partial charge in [-0.1, -0.05) is 0 Å². The summed E-state index contributed by atoms with van der Waals surface area (Å²) < 4.78 is 0. The van der Waals surface area contributed by atoms with Crippen LogP contribution in [0.4, 0.5) is 11.6 Å². The molecule has 2 heterocycles. The van der Waals surface area contributed by atoms with Crippen molar-refractivity contribution in [2.75, 3.05) is 17.3 Å². The quantitative estimate of drug-likeness (QED) is 0.916. The largest absolute Gasteiger partial charge is 0.373 e. The molecular weight excluding hydrogens is 268 g/mol. The highest BCUT2D eigenvalue weighted by Crippen LogP contribution is 2.35. The SMILES string of the molecule is CNc1nc(C)nc(N(Cc2ccsc2)C2CC2)c1C. The van der Waals surface area contributed by atoms with Crippen molar-refractivity contribution in [2.24, 2.45) is 0 Å². The summed E-state index contributed by atoms with van der Waals surface area (Å²) in [5.41, 5.74) is 2.50. The number of aromatic nitrogens is 2. The van der Waals surface area contributed by atoms with Gasteiger partial charge < -0.3 is 10.2 Å². The maximum absolute atomic E-state index is 4.70. The lowest BCUT2D eigenvalue weighted by Gasteiger charge is -2.26. The van der Waals surface area contributed by atoms with Crippen molar-refractivity contribution in [3.63, 3.8) is 0 Å². The summed E-state index contributed by atoms with van der Waals surface area (Å²) in [4.78, 5) is 11.6. The summed E-state index contributed by atoms with van der Waals surface area (Å²) in [5, 5.41) is 7.53. The summed E-state index contributed by atoms with van der Waals surface area (Å²) in [6.45, 7) is 5.00. The van der Waals surface area contributed by atoms with Gasteiger partial charge >= 0.3 is 0 Å². The first-order chi connectivity index (χ1) is 9.69. The number of anilines is 2. The fraction of sp³-hybridized carbons (Fsp3) is 0.467. The normalized spacial score (nSPS) is 14.3. The molecule has 0 aromatic carbocycles. The van der Waals surface area contributed by atoms with E-state index in [0.717, 1.165) is 29.6 Å². The van der Waals surface area contributed by atoms with Gasteiger partial charge in [-0.3, -0.25) is 0 Å². The molecule has 0 saturated heterocycles. The van der Waals surface area contributed by atoms with Gasteiger partial charge in [0.2, 0.25) is 0 Å². The van der Waals surface area contributed by atoms with E-state index < -0.39 is 0 Å². The van der Waals surface area contributed by atoms with Crippen LogP contribution in [0.2, 0.25) is 0 Å². The first kappa shape index (κ1) is 13.4. The maximum Gasteiger partial charge on any atom is 0.137 e. The second kappa shape index (κ2) is 5.40. The number of rotatable bonds is 5. The minimum Gasteiger partial charge on any atom is -0.373 e. The lowest BCUT2D eigenvalue weighted by Crippen LogP contribution is -2.27. The summed E-state index contributed by atoms with van der Waals surface area (Å²) in [6, 6.07) is 2.83. The van der Waals surface area contributed by atoms with Gasteiger partial charge in [0.05, 0.1) is 0 Å². The number of nitrogens with one attached hydrogen (secondary N) is 1. The molecule has 0 amide bonds. The van der Waals surface area contributed by atoms with Crippen LogP contribution in [0.1, 0.15) is 29.8 Å². The van der Waals surface area contributed by atoms with Crippen LogP contribution in [-0.4, -0.2) is 23.1 Å². The molecule has 0 bridgehead atoms. The number of thiophene rings is 1. The molecule has 1 fully saturated rings. The zero-order valence-corrected chi connectivity index (χ0v) is 13.0. The van der Waals surface area contributed by atoms with Crippen LogP contribution in [0.5, 0.6) is 0 Å². The Hall–Kier alpha value is -1.62. The lowest BCUT2D eigenvalue weighted by molar-refractivity contribution is 0.768. The van der Waals surface area contributed by atoms with E-state index in [0.29, 0.717) is 6.04 Å². The Morgan fingerprint density at radius 2 is 2.15 bits per heavy atom. The first-order valence-corrected chi connectivity index (χ1v) is 7.94. The predicted octanol–water partition coefficient (Wildman–Crippen LogP) is 3.37. The van der Waals surface area contributed by atoms with Crippen LogP contribution in [0, 0.1) is 13.8 Å². The van der Waals surface area contributed by atoms with Crippen molar-refractivity contribution >= 4 is 23.0 Å². The average Bonchev–Trinajstić information content (AvgIpc) is 3.15. The number of hydrogen-bond acceptors (Lipinski definition) is 5. The van der Waals surface area contributed by atoms with E-state index in [4.69, 9.17) is 4.98 Å². The molecule has 1 N–H and O–H groups in total. The highest BCUT2D eigenvalue weighted by Gasteiger charge is 2.31. The van der Waals surface area contributed by atoms with Crippen LogP contribution >= 0.6 is 11.3 Å². The molecule has 106 valence electrons. The van der Waals surface area contributed by atoms with Gasteiger partial charge in [-0.15, -0.1) is 0 Å². The summed E-state index contributed by atoms with van der Waals surface area (Å²) in [6.07, 6.45) is 2.53. The van der Waals surface area contributed by atoms with Gasteiger partial charge in [-0.2, -0.15) is 11.3 Å². The molecular formula is C15H20N4S. The van der Waals surface area contributed by atoms with Crippen molar-refractivity contribution < 1.29 is 0 Å². The Kier molecular flexibility index (Phi) is 3.61. The summed E-state index contributed by atoms with van der Waals surface area (Å²) in [5.74, 6) is 2.84. The van der Waals surface area contributed by atoms with Crippen molar-refractivity contribution in [2.45, 2.75) is 39.3 Å². The Bertz CT molecular complexity index is 590. The van der Waals surface area contributed by atoms with Crippen LogP contribution < -0.4 is 10.2 Å². The van der Waals surface area contributed by atoms with Gasteiger partial charge in [0, 0.05) is 25.2 Å². The van der Waals surface area contributed by atoms with E-state index in [2.05, 4.69) is 39.0 Å². The minimum absolute atomic E-state index is 0.632. The zero-order chi connectivity index (χ0) is 14.1. The molecule has 4 nitrogen and oxygen atoms in total. The molecule has 0 spiro atoms.